The smallest absolute Gasteiger partial charge is 0.241 e. The van der Waals surface area contributed by atoms with E-state index >= 15 is 0 Å². The number of fused-ring (bicyclic) bond motifs is 1. The van der Waals surface area contributed by atoms with Gasteiger partial charge in [0.05, 0.1) is 20.3 Å². The quantitative estimate of drug-likeness (QED) is 0.910. The molecule has 1 atom stereocenters. The Kier molecular flexibility index (Phi) is 4.48. The van der Waals surface area contributed by atoms with Crippen molar-refractivity contribution in [1.29, 1.82) is 0 Å². The Morgan fingerprint density at radius 3 is 2.39 bits per heavy atom. The van der Waals surface area contributed by atoms with Gasteiger partial charge < -0.3 is 20.1 Å². The van der Waals surface area contributed by atoms with Crippen molar-refractivity contribution in [2.24, 2.45) is 0 Å². The van der Waals surface area contributed by atoms with Crippen molar-refractivity contribution >= 4 is 11.6 Å². The van der Waals surface area contributed by atoms with Crippen LogP contribution in [0.2, 0.25) is 0 Å². The van der Waals surface area contributed by atoms with Crippen LogP contribution < -0.4 is 20.1 Å². The van der Waals surface area contributed by atoms with Gasteiger partial charge >= 0.3 is 0 Å². The Hall–Kier alpha value is -2.53. The monoisotopic (exact) mass is 312 g/mol. The minimum atomic E-state index is -0.248. The van der Waals surface area contributed by atoms with Gasteiger partial charge in [0.1, 0.15) is 11.5 Å². The Balaban J connectivity index is 1.73. The zero-order valence-corrected chi connectivity index (χ0v) is 13.3. The van der Waals surface area contributed by atoms with Crippen molar-refractivity contribution in [2.75, 3.05) is 19.5 Å². The Labute approximate surface area is 135 Å². The highest BCUT2D eigenvalue weighted by atomic mass is 16.5. The topological polar surface area (TPSA) is 59.6 Å². The Bertz CT molecular complexity index is 693. The largest absolute Gasteiger partial charge is 0.497 e. The van der Waals surface area contributed by atoms with Gasteiger partial charge in [-0.25, -0.2) is 0 Å². The fourth-order valence-corrected chi connectivity index (χ4v) is 2.75. The fraction of sp³-hybridized carbons (Fsp3) is 0.278. The van der Waals surface area contributed by atoms with Crippen molar-refractivity contribution in [2.45, 2.75) is 19.0 Å². The van der Waals surface area contributed by atoms with Crippen LogP contribution in [0.15, 0.2) is 42.5 Å². The number of hydrogen-bond donors (Lipinski definition) is 2. The number of carbonyl (C=O) groups excluding carboxylic acids is 1. The number of anilines is 1. The number of methoxy groups -OCH3 is 2. The number of nitrogens with one attached hydrogen (secondary N) is 2. The highest BCUT2D eigenvalue weighted by Crippen LogP contribution is 2.26. The normalized spacial score (nSPS) is 16.3. The number of ether oxygens (including phenoxy) is 2. The molecule has 2 N–H and O–H groups in total. The summed E-state index contributed by atoms with van der Waals surface area (Å²) in [7, 11) is 3.17. The summed E-state index contributed by atoms with van der Waals surface area (Å²) in [4.78, 5) is 12.5. The highest BCUT2D eigenvalue weighted by Gasteiger charge is 2.24. The SMILES string of the molecule is COc1cc(NC(=O)C2Cc3ccccc3CN2)cc(OC)c1. The Morgan fingerprint density at radius 2 is 1.74 bits per heavy atom. The molecule has 5 nitrogen and oxygen atoms in total. The van der Waals surface area contributed by atoms with Crippen LogP contribution in [0, 0.1) is 0 Å². The van der Waals surface area contributed by atoms with Crippen molar-refractivity contribution in [3.63, 3.8) is 0 Å². The van der Waals surface area contributed by atoms with Gasteiger partial charge in [0.2, 0.25) is 5.91 Å². The molecule has 1 amide bonds. The molecule has 2 aromatic rings. The van der Waals surface area contributed by atoms with Gasteiger partial charge in [0.25, 0.3) is 0 Å². The molecule has 0 fully saturated rings. The van der Waals surface area contributed by atoms with Gasteiger partial charge in [-0.3, -0.25) is 4.79 Å². The maximum Gasteiger partial charge on any atom is 0.241 e. The number of rotatable bonds is 4. The fourth-order valence-electron chi connectivity index (χ4n) is 2.75. The van der Waals surface area contributed by atoms with Crippen molar-refractivity contribution in [3.05, 3.63) is 53.6 Å². The van der Waals surface area contributed by atoms with E-state index in [1.54, 1.807) is 32.4 Å². The van der Waals surface area contributed by atoms with Crippen molar-refractivity contribution in [3.8, 4) is 11.5 Å². The number of carbonyl (C=O) groups is 1. The summed E-state index contributed by atoms with van der Waals surface area (Å²) >= 11 is 0. The van der Waals surface area contributed by atoms with Gasteiger partial charge in [0.15, 0.2) is 0 Å². The molecule has 1 unspecified atom stereocenters. The highest BCUT2D eigenvalue weighted by molar-refractivity contribution is 5.95. The lowest BCUT2D eigenvalue weighted by Crippen LogP contribution is -2.44. The van der Waals surface area contributed by atoms with Gasteiger partial charge in [0, 0.05) is 30.4 Å². The summed E-state index contributed by atoms with van der Waals surface area (Å²) in [5.41, 5.74) is 3.13. The van der Waals surface area contributed by atoms with Crippen LogP contribution in [0.4, 0.5) is 5.69 Å². The molecule has 23 heavy (non-hydrogen) atoms. The third-order valence-electron chi connectivity index (χ3n) is 4.02. The summed E-state index contributed by atoms with van der Waals surface area (Å²) < 4.78 is 10.4. The van der Waals surface area contributed by atoms with E-state index in [1.165, 1.54) is 11.1 Å². The molecule has 5 heteroatoms. The second kappa shape index (κ2) is 6.71. The van der Waals surface area contributed by atoms with Gasteiger partial charge in [-0.2, -0.15) is 0 Å². The first-order valence-corrected chi connectivity index (χ1v) is 7.53. The molecule has 0 aliphatic carbocycles. The zero-order chi connectivity index (χ0) is 16.2. The van der Waals surface area contributed by atoms with Crippen LogP contribution in [0.5, 0.6) is 11.5 Å². The van der Waals surface area contributed by atoms with Gasteiger partial charge in [-0.15, -0.1) is 0 Å². The predicted molar refractivity (Wildman–Crippen MR) is 88.9 cm³/mol. The van der Waals surface area contributed by atoms with Crippen LogP contribution in [-0.4, -0.2) is 26.2 Å². The van der Waals surface area contributed by atoms with Gasteiger partial charge in [-0.05, 0) is 17.5 Å². The van der Waals surface area contributed by atoms with Crippen LogP contribution in [0.1, 0.15) is 11.1 Å². The third-order valence-corrected chi connectivity index (χ3v) is 4.02. The first-order chi connectivity index (χ1) is 11.2. The Morgan fingerprint density at radius 1 is 1.09 bits per heavy atom. The molecule has 0 aromatic heterocycles. The molecule has 0 bridgehead atoms. The molecule has 1 heterocycles. The molecule has 0 saturated heterocycles. The summed E-state index contributed by atoms with van der Waals surface area (Å²) in [6.45, 7) is 0.704. The summed E-state index contributed by atoms with van der Waals surface area (Å²) in [5.74, 6) is 1.22. The predicted octanol–water partition coefficient (Wildman–Crippen LogP) is 2.36. The average molecular weight is 312 g/mol. The van der Waals surface area contributed by atoms with Crippen molar-refractivity contribution in [1.82, 2.24) is 5.32 Å². The molecule has 1 aliphatic rings. The number of amides is 1. The van der Waals surface area contributed by atoms with Crippen LogP contribution in [0.25, 0.3) is 0 Å². The van der Waals surface area contributed by atoms with Gasteiger partial charge in [-0.1, -0.05) is 24.3 Å². The number of benzene rings is 2. The van der Waals surface area contributed by atoms with E-state index in [1.807, 2.05) is 12.1 Å². The average Bonchev–Trinajstić information content (AvgIpc) is 2.60. The summed E-state index contributed by atoms with van der Waals surface area (Å²) in [6, 6.07) is 13.3. The zero-order valence-electron chi connectivity index (χ0n) is 13.3. The van der Waals surface area contributed by atoms with Crippen LogP contribution >= 0.6 is 0 Å². The maximum absolute atomic E-state index is 12.5. The van der Waals surface area contributed by atoms with E-state index in [9.17, 15) is 4.79 Å². The molecule has 1 aliphatic heterocycles. The van der Waals surface area contributed by atoms with E-state index in [0.717, 1.165) is 0 Å². The molecule has 0 radical (unpaired) electrons. The maximum atomic E-state index is 12.5. The molecular formula is C18H20N2O3. The lowest BCUT2D eigenvalue weighted by atomic mass is 9.95. The lowest BCUT2D eigenvalue weighted by molar-refractivity contribution is -0.118. The molecule has 3 rings (SSSR count). The minimum Gasteiger partial charge on any atom is -0.497 e. The van der Waals surface area contributed by atoms with E-state index in [2.05, 4.69) is 22.8 Å². The standard InChI is InChI=1S/C18H20N2O3/c1-22-15-8-14(9-16(10-15)23-2)20-18(21)17-7-12-5-3-4-6-13(12)11-19-17/h3-6,8-10,17,19H,7,11H2,1-2H3,(H,20,21). The number of hydrogen-bond acceptors (Lipinski definition) is 4. The van der Waals surface area contributed by atoms with E-state index in [0.29, 0.717) is 30.2 Å². The summed E-state index contributed by atoms with van der Waals surface area (Å²) in [5, 5.41) is 6.21. The van der Waals surface area contributed by atoms with Crippen molar-refractivity contribution < 1.29 is 14.3 Å². The van der Waals surface area contributed by atoms with Crippen LogP contribution in [0.3, 0.4) is 0 Å². The second-order valence-electron chi connectivity index (χ2n) is 5.50. The van der Waals surface area contributed by atoms with E-state index < -0.39 is 0 Å². The first-order valence-electron chi connectivity index (χ1n) is 7.53. The van der Waals surface area contributed by atoms with Crippen LogP contribution in [-0.2, 0) is 17.8 Å². The molecule has 0 saturated carbocycles. The van der Waals surface area contributed by atoms with E-state index in [-0.39, 0.29) is 11.9 Å². The molecular weight excluding hydrogens is 292 g/mol. The molecule has 120 valence electrons. The summed E-state index contributed by atoms with van der Waals surface area (Å²) in [6.07, 6.45) is 0.684. The lowest BCUT2D eigenvalue weighted by Gasteiger charge is -2.25. The third kappa shape index (κ3) is 3.46. The van der Waals surface area contributed by atoms with E-state index in [4.69, 9.17) is 9.47 Å². The molecule has 0 spiro atoms. The minimum absolute atomic E-state index is 0.0604. The molecule has 2 aromatic carbocycles. The first kappa shape index (κ1) is 15.4. The second-order valence-corrected chi connectivity index (χ2v) is 5.50.